The highest BCUT2D eigenvalue weighted by Crippen LogP contribution is 2.55. The van der Waals surface area contributed by atoms with E-state index in [1.807, 2.05) is 72.8 Å². The number of hydrogen-bond acceptors (Lipinski definition) is 0. The highest BCUT2D eigenvalue weighted by molar-refractivity contribution is 5.90. The van der Waals surface area contributed by atoms with Crippen LogP contribution in [0, 0.1) is 23.3 Å². The molecule has 0 saturated heterocycles. The monoisotopic (exact) mass is 378 g/mol. The minimum Gasteiger partial charge on any atom is -0.203 e. The molecule has 0 amide bonds. The first-order valence-electron chi connectivity index (χ1n) is 8.98. The van der Waals surface area contributed by atoms with Crippen LogP contribution in [0.4, 0.5) is 17.6 Å². The summed E-state index contributed by atoms with van der Waals surface area (Å²) in [5.41, 5.74) is 3.00. The van der Waals surface area contributed by atoms with Crippen molar-refractivity contribution < 1.29 is 17.6 Å². The van der Waals surface area contributed by atoms with Crippen LogP contribution in [-0.4, -0.2) is 0 Å². The maximum atomic E-state index is 14.8. The van der Waals surface area contributed by atoms with Crippen molar-refractivity contribution in [3.05, 3.63) is 118 Å². The molecule has 0 spiro atoms. The van der Waals surface area contributed by atoms with Gasteiger partial charge in [0.2, 0.25) is 0 Å². The molecule has 0 radical (unpaired) electrons. The average Bonchev–Trinajstić information content (AvgIpc) is 2.76. The topological polar surface area (TPSA) is 0 Å². The van der Waals surface area contributed by atoms with Crippen molar-refractivity contribution in [1.82, 2.24) is 0 Å². The number of halogens is 4. The van der Waals surface area contributed by atoms with Crippen molar-refractivity contribution in [2.24, 2.45) is 0 Å². The molecular formula is C24H14F4. The van der Waals surface area contributed by atoms with E-state index >= 15 is 0 Å². The van der Waals surface area contributed by atoms with Gasteiger partial charge >= 0.3 is 0 Å². The van der Waals surface area contributed by atoms with Crippen molar-refractivity contribution in [3.63, 3.8) is 0 Å². The second-order valence-electron chi connectivity index (χ2n) is 7.01. The first-order chi connectivity index (χ1) is 13.6. The lowest BCUT2D eigenvalue weighted by molar-refractivity contribution is 0.396. The quantitative estimate of drug-likeness (QED) is 0.268. The zero-order valence-corrected chi connectivity index (χ0v) is 14.6. The van der Waals surface area contributed by atoms with Gasteiger partial charge in [-0.15, -0.1) is 0 Å². The standard InChI is InChI=1S/C24H14F4/c25-21-19-17-12-16(14-9-5-2-6-10-14)18(20(19)22(26)24(28)23(21)27)11-15(17)13-7-3-1-4-8-13/h1-12,17-18H/t17-,18?/m0/s1. The van der Waals surface area contributed by atoms with Crippen LogP contribution in [0.15, 0.2) is 72.8 Å². The van der Waals surface area contributed by atoms with E-state index in [1.165, 1.54) is 0 Å². The Morgan fingerprint density at radius 1 is 0.464 bits per heavy atom. The SMILES string of the molecule is Fc1c(F)c(F)c2c(c1F)C1C=C(c3ccccc3)[C@@H]2C=C1c1ccccc1. The second-order valence-corrected chi connectivity index (χ2v) is 7.01. The molecule has 3 aliphatic rings. The fourth-order valence-corrected chi connectivity index (χ4v) is 4.31. The molecule has 0 heterocycles. The lowest BCUT2D eigenvalue weighted by Crippen LogP contribution is -2.24. The molecule has 2 bridgehead atoms. The van der Waals surface area contributed by atoms with E-state index in [9.17, 15) is 17.6 Å². The third kappa shape index (κ3) is 2.30. The number of hydrogen-bond donors (Lipinski definition) is 0. The zero-order valence-electron chi connectivity index (χ0n) is 14.6. The van der Waals surface area contributed by atoms with Gasteiger partial charge in [0.1, 0.15) is 0 Å². The Balaban J connectivity index is 1.78. The minimum atomic E-state index is -1.76. The molecule has 3 aromatic carbocycles. The summed E-state index contributed by atoms with van der Waals surface area (Å²) in [4.78, 5) is 0. The summed E-state index contributed by atoms with van der Waals surface area (Å²) in [6, 6.07) is 18.6. The predicted octanol–water partition coefficient (Wildman–Crippen LogP) is 6.60. The number of allylic oxidation sites excluding steroid dienone is 4. The van der Waals surface area contributed by atoms with Gasteiger partial charge in [-0.25, -0.2) is 17.6 Å². The Morgan fingerprint density at radius 3 is 1.18 bits per heavy atom. The molecule has 0 N–H and O–H groups in total. The number of rotatable bonds is 2. The van der Waals surface area contributed by atoms with Crippen LogP contribution in [0.5, 0.6) is 0 Å². The Bertz CT molecular complexity index is 1050. The summed E-state index contributed by atoms with van der Waals surface area (Å²) in [6.07, 6.45) is 3.68. The first-order valence-corrected chi connectivity index (χ1v) is 8.98. The second kappa shape index (κ2) is 6.20. The molecule has 0 saturated carbocycles. The van der Waals surface area contributed by atoms with E-state index in [0.29, 0.717) is 0 Å². The van der Waals surface area contributed by atoms with Crippen LogP contribution in [0.3, 0.4) is 0 Å². The van der Waals surface area contributed by atoms with Gasteiger partial charge in [-0.1, -0.05) is 72.8 Å². The van der Waals surface area contributed by atoms with E-state index in [1.54, 1.807) is 0 Å². The van der Waals surface area contributed by atoms with Crippen molar-refractivity contribution >= 4 is 11.1 Å². The largest absolute Gasteiger partial charge is 0.203 e. The van der Waals surface area contributed by atoms with E-state index in [2.05, 4.69) is 0 Å². The lowest BCUT2D eigenvalue weighted by Gasteiger charge is -2.38. The summed E-state index contributed by atoms with van der Waals surface area (Å²) in [6.45, 7) is 0. The van der Waals surface area contributed by atoms with Crippen LogP contribution in [0.25, 0.3) is 11.1 Å². The molecule has 1 unspecified atom stereocenters. The Kier molecular flexibility index (Phi) is 3.76. The zero-order chi connectivity index (χ0) is 19.4. The normalized spacial score (nSPS) is 19.9. The van der Waals surface area contributed by atoms with Gasteiger partial charge in [-0.3, -0.25) is 0 Å². The van der Waals surface area contributed by atoms with Crippen LogP contribution in [-0.2, 0) is 0 Å². The summed E-state index contributed by atoms with van der Waals surface area (Å²) in [5.74, 6) is -7.52. The molecule has 3 aromatic rings. The van der Waals surface area contributed by atoms with Crippen LogP contribution < -0.4 is 0 Å². The summed E-state index contributed by atoms with van der Waals surface area (Å²) in [7, 11) is 0. The molecule has 0 aromatic heterocycles. The smallest absolute Gasteiger partial charge is 0.197 e. The van der Waals surface area contributed by atoms with Crippen LogP contribution >= 0.6 is 0 Å². The van der Waals surface area contributed by atoms with Gasteiger partial charge in [0.05, 0.1) is 0 Å². The van der Waals surface area contributed by atoms with Crippen molar-refractivity contribution in [1.29, 1.82) is 0 Å². The maximum absolute atomic E-state index is 14.8. The van der Waals surface area contributed by atoms with Gasteiger partial charge in [-0.05, 0) is 22.3 Å². The third-order valence-corrected chi connectivity index (χ3v) is 5.54. The van der Waals surface area contributed by atoms with E-state index in [0.717, 1.165) is 22.3 Å². The van der Waals surface area contributed by atoms with Gasteiger partial charge in [0.15, 0.2) is 23.3 Å². The van der Waals surface area contributed by atoms with Gasteiger partial charge in [0, 0.05) is 23.0 Å². The van der Waals surface area contributed by atoms with Gasteiger partial charge in [0.25, 0.3) is 0 Å². The summed E-state index contributed by atoms with van der Waals surface area (Å²) in [5, 5.41) is 0. The molecule has 4 heteroatoms. The van der Waals surface area contributed by atoms with Crippen molar-refractivity contribution in [2.45, 2.75) is 11.8 Å². The first kappa shape index (κ1) is 17.0. The van der Waals surface area contributed by atoms with E-state index in [4.69, 9.17) is 0 Å². The minimum absolute atomic E-state index is 0.109. The van der Waals surface area contributed by atoms with Crippen LogP contribution in [0.2, 0.25) is 0 Å². The maximum Gasteiger partial charge on any atom is 0.197 e. The van der Waals surface area contributed by atoms with E-state index < -0.39 is 35.1 Å². The highest BCUT2D eigenvalue weighted by Gasteiger charge is 2.42. The third-order valence-electron chi connectivity index (χ3n) is 5.54. The Morgan fingerprint density at radius 2 is 0.821 bits per heavy atom. The van der Waals surface area contributed by atoms with Crippen molar-refractivity contribution in [2.75, 3.05) is 0 Å². The molecule has 6 rings (SSSR count). The molecule has 2 atom stereocenters. The molecule has 0 fully saturated rings. The van der Waals surface area contributed by atoms with Crippen LogP contribution in [0.1, 0.15) is 34.1 Å². The molecule has 0 nitrogen and oxygen atoms in total. The fraction of sp³-hybridized carbons (Fsp3) is 0.0833. The van der Waals surface area contributed by atoms with Gasteiger partial charge in [-0.2, -0.15) is 0 Å². The Labute approximate surface area is 159 Å². The van der Waals surface area contributed by atoms with E-state index in [-0.39, 0.29) is 11.1 Å². The van der Waals surface area contributed by atoms with Crippen molar-refractivity contribution in [3.8, 4) is 0 Å². The molecule has 0 aliphatic heterocycles. The number of benzene rings is 3. The highest BCUT2D eigenvalue weighted by atomic mass is 19.2. The molecule has 138 valence electrons. The molecular weight excluding hydrogens is 364 g/mol. The fourth-order valence-electron chi connectivity index (χ4n) is 4.31. The average molecular weight is 378 g/mol. The Hall–Kier alpha value is -3.14. The predicted molar refractivity (Wildman–Crippen MR) is 101 cm³/mol. The molecule has 3 aliphatic carbocycles. The van der Waals surface area contributed by atoms with Gasteiger partial charge < -0.3 is 0 Å². The summed E-state index contributed by atoms with van der Waals surface area (Å²) >= 11 is 0. The lowest BCUT2D eigenvalue weighted by atomic mass is 9.65. The molecule has 28 heavy (non-hydrogen) atoms. The summed E-state index contributed by atoms with van der Waals surface area (Å²) < 4.78 is 57.6.